The zero-order valence-electron chi connectivity index (χ0n) is 25.9. The molecule has 9 rings (SSSR count). The summed E-state index contributed by atoms with van der Waals surface area (Å²) >= 11 is 90.0. The number of fused-ring (bicyclic) bond motifs is 19. The first-order valence-electron chi connectivity index (χ1n) is 14.9. The zero-order valence-corrected chi connectivity index (χ0v) is 42.9. The maximum Gasteiger partial charge on any atom is 0.166 e. The number of amidine groups is 3. The first-order chi connectivity index (χ1) is 26.4. The van der Waals surface area contributed by atoms with Crippen molar-refractivity contribution in [3.05, 3.63) is 110 Å². The fourth-order valence-corrected chi connectivity index (χ4v) is 12.7. The number of nitrogens with one attached hydrogen (secondary N) is 3. The molecule has 284 valence electrons. The molecule has 0 amide bonds. The van der Waals surface area contributed by atoms with E-state index in [1.165, 1.54) is 0 Å². The average Bonchev–Trinajstić information content (AvgIpc) is 3.92. The van der Waals surface area contributed by atoms with Crippen molar-refractivity contribution in [3.8, 4) is 0 Å². The number of hydrogen-bond donors (Lipinski definition) is 3. The minimum atomic E-state index is -0.901. The van der Waals surface area contributed by atoms with Crippen LogP contribution >= 0.6 is 212 Å². The van der Waals surface area contributed by atoms with Gasteiger partial charge in [0.2, 0.25) is 0 Å². The predicted octanol–water partition coefficient (Wildman–Crippen LogP) is 16.2. The summed E-state index contributed by atoms with van der Waals surface area (Å²) in [5.41, 5.74) is 2.07. The van der Waals surface area contributed by atoms with Crippen molar-refractivity contribution in [2.75, 3.05) is 0 Å². The van der Waals surface area contributed by atoms with Crippen LogP contribution in [0.4, 0.5) is 11.6 Å². The highest BCUT2D eigenvalue weighted by molar-refractivity contribution is 9.11. The second-order valence-corrected chi connectivity index (χ2v) is 20.4. The van der Waals surface area contributed by atoms with Crippen LogP contribution in [0.15, 0.2) is 51.8 Å². The summed E-state index contributed by atoms with van der Waals surface area (Å²) in [5, 5.41) is 6.95. The highest BCUT2D eigenvalue weighted by atomic mass is 79.9. The van der Waals surface area contributed by atoms with E-state index in [9.17, 15) is 0 Å². The molecule has 0 saturated carbocycles. The molecule has 0 aliphatic carbocycles. The summed E-state index contributed by atoms with van der Waals surface area (Å²) < 4.78 is 2.43. The normalized spacial score (nSPS) is 18.2. The standard InChI is InChI=1S/C32H4Br6Cl10N8/c33-9-1-4(15(39)12(36)20(9)44)28-49-25(1)53-31-7-8(18(42)23(47)14(38)17(7)41)32(56-31)54-26-2-5(16(40)13(37)21(45)10(2)34)29(50-26)55-30-6-3(27(51-28)52-30)11(35)22(46)24(48)19(6)43/h27,50H,(H,52,55)(H,49,51,53,54,56). The molecule has 0 saturated heterocycles. The van der Waals surface area contributed by atoms with Gasteiger partial charge in [0.15, 0.2) is 11.7 Å². The van der Waals surface area contributed by atoms with Gasteiger partial charge in [-0.3, -0.25) is 0 Å². The van der Waals surface area contributed by atoms with E-state index >= 15 is 0 Å². The van der Waals surface area contributed by atoms with Gasteiger partial charge in [-0.2, -0.15) is 0 Å². The molecule has 0 fully saturated rings. The van der Waals surface area contributed by atoms with Crippen LogP contribution in [0.5, 0.6) is 0 Å². The number of aromatic amines is 2. The van der Waals surface area contributed by atoms with E-state index < -0.39 is 6.17 Å². The average molecular weight is 1330 g/mol. The first-order valence-corrected chi connectivity index (χ1v) is 23.4. The molecule has 56 heavy (non-hydrogen) atoms. The van der Waals surface area contributed by atoms with Crippen molar-refractivity contribution >= 4 is 262 Å². The fraction of sp³-hybridized carbons (Fsp3) is 0.0312. The lowest BCUT2D eigenvalue weighted by Gasteiger charge is -2.11. The summed E-state index contributed by atoms with van der Waals surface area (Å²) in [5.74, 6) is 0.923. The summed E-state index contributed by atoms with van der Waals surface area (Å²) in [6.07, 6.45) is -0.901. The molecule has 1 unspecified atom stereocenters. The zero-order chi connectivity index (χ0) is 40.1. The van der Waals surface area contributed by atoms with E-state index in [4.69, 9.17) is 141 Å². The van der Waals surface area contributed by atoms with Gasteiger partial charge in [0, 0.05) is 46.1 Å². The SMILES string of the molecule is Clc1c(Cl)c(Br)c2c(c1Cl)/C1=N/c3[nH]c(c4c(Br)c(Cl)c(Br)c(Cl)c34)/N=C3\N=C(N=c4[nH]/c(c5c(Cl)c(Br)c(Cl)c(Br)c45)=N\C2N1)c1c(Cl)c(Br)c(Cl)c(Cl)c13. The molecule has 0 spiro atoms. The van der Waals surface area contributed by atoms with Gasteiger partial charge in [0.25, 0.3) is 0 Å². The molecule has 24 heteroatoms. The van der Waals surface area contributed by atoms with E-state index in [0.29, 0.717) is 70.6 Å². The third kappa shape index (κ3) is 5.96. The van der Waals surface area contributed by atoms with E-state index in [-0.39, 0.29) is 90.3 Å². The van der Waals surface area contributed by atoms with Gasteiger partial charge < -0.3 is 15.3 Å². The van der Waals surface area contributed by atoms with Crippen LogP contribution in [-0.2, 0) is 0 Å². The minimum absolute atomic E-state index is 0.0878. The minimum Gasteiger partial charge on any atom is -0.344 e. The van der Waals surface area contributed by atoms with Crippen LogP contribution in [0.25, 0.3) is 21.5 Å². The van der Waals surface area contributed by atoms with Crippen molar-refractivity contribution in [1.82, 2.24) is 15.3 Å². The van der Waals surface area contributed by atoms with Crippen molar-refractivity contribution in [1.29, 1.82) is 0 Å². The molecule has 2 aromatic heterocycles. The van der Waals surface area contributed by atoms with Gasteiger partial charge in [-0.05, 0) is 95.6 Å². The van der Waals surface area contributed by atoms with Crippen LogP contribution in [0.1, 0.15) is 28.4 Å². The Balaban J connectivity index is 1.52. The number of aliphatic imine (C=N–C) groups is 3. The van der Waals surface area contributed by atoms with Gasteiger partial charge in [-0.1, -0.05) is 116 Å². The summed E-state index contributed by atoms with van der Waals surface area (Å²) in [7, 11) is 0. The van der Waals surface area contributed by atoms with E-state index in [1.807, 2.05) is 0 Å². The molecule has 3 aliphatic heterocycles. The van der Waals surface area contributed by atoms with Gasteiger partial charge in [-0.25, -0.2) is 25.0 Å². The molecule has 4 aromatic carbocycles. The molecule has 3 N–H and O–H groups in total. The second-order valence-electron chi connectivity index (χ2n) is 11.8. The number of hydrogen-bond acceptors (Lipinski definition) is 6. The Kier molecular flexibility index (Phi) is 11.0. The molecule has 5 heterocycles. The van der Waals surface area contributed by atoms with E-state index in [2.05, 4.69) is 111 Å². The van der Waals surface area contributed by atoms with Crippen LogP contribution in [0.2, 0.25) is 50.2 Å². The first kappa shape index (κ1) is 41.5. The van der Waals surface area contributed by atoms with Crippen LogP contribution in [-0.4, -0.2) is 27.5 Å². The lowest BCUT2D eigenvalue weighted by molar-refractivity contribution is 0.682. The number of rotatable bonds is 0. The molecule has 8 nitrogen and oxygen atoms in total. The largest absolute Gasteiger partial charge is 0.344 e. The van der Waals surface area contributed by atoms with E-state index in [0.717, 1.165) is 0 Å². The third-order valence-corrected chi connectivity index (χ3v) is 19.8. The highest BCUT2D eigenvalue weighted by Gasteiger charge is 2.37. The van der Waals surface area contributed by atoms with Crippen LogP contribution in [0, 0.1) is 0 Å². The maximum absolute atomic E-state index is 7.03. The molecule has 3 aliphatic rings. The highest BCUT2D eigenvalue weighted by Crippen LogP contribution is 2.53. The molecular formula is C32H4Br6Cl10N8. The second kappa shape index (κ2) is 14.9. The van der Waals surface area contributed by atoms with Crippen LogP contribution in [0.3, 0.4) is 0 Å². The summed E-state index contributed by atoms with van der Waals surface area (Å²) in [6, 6.07) is 0. The summed E-state index contributed by atoms with van der Waals surface area (Å²) in [4.78, 5) is 31.6. The smallest absolute Gasteiger partial charge is 0.166 e. The Morgan fingerprint density at radius 1 is 0.393 bits per heavy atom. The predicted molar refractivity (Wildman–Crippen MR) is 253 cm³/mol. The molecular weight excluding hydrogens is 1330 g/mol. The number of halogens is 16. The Morgan fingerprint density at radius 3 is 1.61 bits per heavy atom. The Bertz CT molecular complexity index is 3150. The Morgan fingerprint density at radius 2 is 0.929 bits per heavy atom. The number of benzene rings is 4. The Hall–Kier alpha value is 0.150. The third-order valence-electron chi connectivity index (χ3n) is 8.89. The van der Waals surface area contributed by atoms with Gasteiger partial charge in [0.1, 0.15) is 34.6 Å². The fourth-order valence-electron chi connectivity index (χ4n) is 6.45. The van der Waals surface area contributed by atoms with E-state index in [1.54, 1.807) is 0 Å². The van der Waals surface area contributed by atoms with Gasteiger partial charge in [0.05, 0.1) is 74.8 Å². The topological polar surface area (TPSA) is 105 Å². The van der Waals surface area contributed by atoms with Gasteiger partial charge >= 0.3 is 0 Å². The number of aromatic nitrogens is 2. The number of H-pyrrole nitrogens is 2. The van der Waals surface area contributed by atoms with Crippen LogP contribution < -0.4 is 16.3 Å². The quantitative estimate of drug-likeness (QED) is 0.102. The van der Waals surface area contributed by atoms with Gasteiger partial charge in [-0.15, -0.1) is 0 Å². The lowest BCUT2D eigenvalue weighted by Crippen LogP contribution is -2.22. The maximum atomic E-state index is 7.03. The summed E-state index contributed by atoms with van der Waals surface area (Å²) in [6.45, 7) is 0. The lowest BCUT2D eigenvalue weighted by atomic mass is 10.1. The monoisotopic (exact) mass is 1320 g/mol. The van der Waals surface area contributed by atoms with Crippen molar-refractivity contribution in [2.24, 2.45) is 25.0 Å². The van der Waals surface area contributed by atoms with Crippen molar-refractivity contribution in [2.45, 2.75) is 6.17 Å². The molecule has 0 radical (unpaired) electrons. The molecule has 6 aromatic rings. The van der Waals surface area contributed by atoms with Crippen molar-refractivity contribution < 1.29 is 0 Å². The molecule has 8 bridgehead atoms. The Labute approximate surface area is 413 Å². The number of nitrogens with zero attached hydrogens (tertiary/aromatic N) is 5. The molecule has 1 atom stereocenters. The van der Waals surface area contributed by atoms with Crippen molar-refractivity contribution in [3.63, 3.8) is 0 Å².